The summed E-state index contributed by atoms with van der Waals surface area (Å²) < 4.78 is 11.6. The van der Waals surface area contributed by atoms with Crippen LogP contribution in [-0.4, -0.2) is 14.2 Å². The average molecular weight is 447 g/mol. The lowest BCUT2D eigenvalue weighted by Gasteiger charge is -2.15. The van der Waals surface area contributed by atoms with Gasteiger partial charge in [0.2, 0.25) is 0 Å². The summed E-state index contributed by atoms with van der Waals surface area (Å²) in [7, 11) is 3.39. The normalized spacial score (nSPS) is 10.6. The summed E-state index contributed by atoms with van der Waals surface area (Å²) in [5.41, 5.74) is 3.94. The maximum atomic E-state index is 5.80. The van der Waals surface area contributed by atoms with Crippen LogP contribution in [0.3, 0.4) is 0 Å². The highest BCUT2D eigenvalue weighted by Gasteiger charge is 2.14. The number of rotatable bonds is 3. The zero-order valence-electron chi connectivity index (χ0n) is 18.4. The molecule has 0 fully saturated rings. The maximum Gasteiger partial charge on any atom is 0.127 e. The minimum Gasteiger partial charge on any atom is -0.496 e. The van der Waals surface area contributed by atoms with E-state index < -0.39 is 0 Å². The maximum absolute atomic E-state index is 5.80. The summed E-state index contributed by atoms with van der Waals surface area (Å²) >= 11 is 4.46. The Hall–Kier alpha value is -3.87. The molecular weight excluding hydrogens is 424 g/mol. The molecule has 0 aliphatic rings. The number of hydrogen-bond acceptors (Lipinski definition) is 3. The topological polar surface area (TPSA) is 18.5 Å². The van der Waals surface area contributed by atoms with Gasteiger partial charge in [-0.1, -0.05) is 42.2 Å². The van der Waals surface area contributed by atoms with Crippen LogP contribution in [0.15, 0.2) is 95.9 Å². The summed E-state index contributed by atoms with van der Waals surface area (Å²) in [6, 6.07) is 30.8. The molecule has 0 unspecified atom stereocenters. The Morgan fingerprint density at radius 2 is 1.12 bits per heavy atom. The molecule has 33 heavy (non-hydrogen) atoms. The molecule has 5 rings (SSSR count). The predicted molar refractivity (Wildman–Crippen MR) is 140 cm³/mol. The molecule has 5 aromatic carbocycles. The van der Waals surface area contributed by atoms with Crippen LogP contribution in [0, 0.1) is 11.8 Å². The summed E-state index contributed by atoms with van der Waals surface area (Å²) in [5.74, 6) is 8.07. The largest absolute Gasteiger partial charge is 0.496 e. The lowest BCUT2D eigenvalue weighted by molar-refractivity contribution is 0.411. The molecule has 0 aliphatic carbocycles. The molecule has 0 amide bonds. The van der Waals surface area contributed by atoms with Crippen molar-refractivity contribution in [3.63, 3.8) is 0 Å². The standard InChI is InChI=1S/C30H22O2S/c1-31-29-18-24-14-21(9-8-20-6-4-3-5-7-20)10-11-22(24)16-27(29)28-17-23-12-13-26(33)15-25(23)19-30(28)32-2/h3-7,10-19,33H,1-2H3. The second-order valence-corrected chi connectivity index (χ2v) is 8.33. The molecule has 0 aliphatic heterocycles. The van der Waals surface area contributed by atoms with E-state index in [1.165, 1.54) is 0 Å². The highest BCUT2D eigenvalue weighted by atomic mass is 32.1. The summed E-state index contributed by atoms with van der Waals surface area (Å²) in [5, 5.41) is 4.40. The number of benzene rings is 5. The average Bonchev–Trinajstić information content (AvgIpc) is 2.86. The van der Waals surface area contributed by atoms with Crippen molar-refractivity contribution in [1.82, 2.24) is 0 Å². The van der Waals surface area contributed by atoms with E-state index in [1.807, 2.05) is 42.5 Å². The van der Waals surface area contributed by atoms with Crippen molar-refractivity contribution < 1.29 is 9.47 Å². The highest BCUT2D eigenvalue weighted by molar-refractivity contribution is 7.80. The van der Waals surface area contributed by atoms with E-state index in [1.54, 1.807) is 14.2 Å². The van der Waals surface area contributed by atoms with Gasteiger partial charge in [0.25, 0.3) is 0 Å². The van der Waals surface area contributed by atoms with Gasteiger partial charge in [0, 0.05) is 27.1 Å². The van der Waals surface area contributed by atoms with Gasteiger partial charge >= 0.3 is 0 Å². The van der Waals surface area contributed by atoms with Crippen LogP contribution in [0.25, 0.3) is 32.7 Å². The summed E-state index contributed by atoms with van der Waals surface area (Å²) in [6.45, 7) is 0. The van der Waals surface area contributed by atoms with Crippen LogP contribution in [0.5, 0.6) is 11.5 Å². The fraction of sp³-hybridized carbons (Fsp3) is 0.0667. The fourth-order valence-corrected chi connectivity index (χ4v) is 4.26. The third-order valence-electron chi connectivity index (χ3n) is 5.72. The van der Waals surface area contributed by atoms with Gasteiger partial charge in [-0.3, -0.25) is 0 Å². The zero-order chi connectivity index (χ0) is 22.8. The first-order chi connectivity index (χ1) is 16.1. The molecule has 3 heteroatoms. The minimum absolute atomic E-state index is 0.791. The molecule has 0 saturated carbocycles. The van der Waals surface area contributed by atoms with Crippen LogP contribution in [0.1, 0.15) is 11.1 Å². The van der Waals surface area contributed by atoms with Gasteiger partial charge in [-0.05, 0) is 82.2 Å². The zero-order valence-corrected chi connectivity index (χ0v) is 19.3. The van der Waals surface area contributed by atoms with Crippen molar-refractivity contribution in [2.24, 2.45) is 0 Å². The highest BCUT2D eigenvalue weighted by Crippen LogP contribution is 2.41. The van der Waals surface area contributed by atoms with E-state index in [9.17, 15) is 0 Å². The van der Waals surface area contributed by atoms with E-state index in [0.717, 1.165) is 60.2 Å². The minimum atomic E-state index is 0.791. The molecule has 0 bridgehead atoms. The van der Waals surface area contributed by atoms with Crippen LogP contribution in [-0.2, 0) is 0 Å². The van der Waals surface area contributed by atoms with Crippen LogP contribution in [0.4, 0.5) is 0 Å². The summed E-state index contributed by atoms with van der Waals surface area (Å²) in [4.78, 5) is 0.923. The Morgan fingerprint density at radius 3 is 1.76 bits per heavy atom. The number of hydrogen-bond donors (Lipinski definition) is 1. The van der Waals surface area contributed by atoms with Crippen LogP contribution in [0.2, 0.25) is 0 Å². The smallest absolute Gasteiger partial charge is 0.127 e. The van der Waals surface area contributed by atoms with Gasteiger partial charge < -0.3 is 9.47 Å². The molecule has 0 radical (unpaired) electrons. The first kappa shape index (κ1) is 21.0. The molecule has 0 heterocycles. The van der Waals surface area contributed by atoms with Crippen LogP contribution >= 0.6 is 12.6 Å². The van der Waals surface area contributed by atoms with E-state index in [2.05, 4.69) is 73.0 Å². The fourth-order valence-electron chi connectivity index (χ4n) is 4.04. The molecule has 0 atom stereocenters. The quantitative estimate of drug-likeness (QED) is 0.230. The van der Waals surface area contributed by atoms with Gasteiger partial charge in [-0.15, -0.1) is 12.6 Å². The van der Waals surface area contributed by atoms with Crippen molar-refractivity contribution in [3.8, 4) is 34.5 Å². The predicted octanol–water partition coefficient (Wildman–Crippen LogP) is 7.37. The van der Waals surface area contributed by atoms with E-state index >= 15 is 0 Å². The molecule has 5 aromatic rings. The van der Waals surface area contributed by atoms with Crippen molar-refractivity contribution >= 4 is 34.2 Å². The van der Waals surface area contributed by atoms with E-state index in [4.69, 9.17) is 9.47 Å². The van der Waals surface area contributed by atoms with Gasteiger partial charge in [-0.2, -0.15) is 0 Å². The van der Waals surface area contributed by atoms with Crippen molar-refractivity contribution in [1.29, 1.82) is 0 Å². The van der Waals surface area contributed by atoms with Crippen molar-refractivity contribution in [2.75, 3.05) is 14.2 Å². The van der Waals surface area contributed by atoms with Gasteiger partial charge in [-0.25, -0.2) is 0 Å². The van der Waals surface area contributed by atoms with Crippen molar-refractivity contribution in [3.05, 3.63) is 102 Å². The lowest BCUT2D eigenvalue weighted by Crippen LogP contribution is -1.93. The van der Waals surface area contributed by atoms with Crippen molar-refractivity contribution in [2.45, 2.75) is 4.90 Å². The number of ether oxygens (including phenoxy) is 2. The van der Waals surface area contributed by atoms with Gasteiger partial charge in [0.1, 0.15) is 11.5 Å². The number of methoxy groups -OCH3 is 2. The Labute approximate surface area is 199 Å². The molecule has 0 spiro atoms. The molecule has 2 nitrogen and oxygen atoms in total. The van der Waals surface area contributed by atoms with E-state index in [-0.39, 0.29) is 0 Å². The van der Waals surface area contributed by atoms with E-state index in [0.29, 0.717) is 0 Å². The first-order valence-electron chi connectivity index (χ1n) is 10.6. The third kappa shape index (κ3) is 4.26. The second-order valence-electron chi connectivity index (χ2n) is 7.81. The molecular formula is C30H22O2S. The Bertz CT molecular complexity index is 1540. The van der Waals surface area contributed by atoms with Gasteiger partial charge in [0.15, 0.2) is 0 Å². The number of thiol groups is 1. The molecule has 0 saturated heterocycles. The monoisotopic (exact) mass is 446 g/mol. The SMILES string of the molecule is COc1cc2cc(S)ccc2cc1-c1cc2ccc(C#Cc3ccccc3)cc2cc1OC. The Morgan fingerprint density at radius 1 is 0.545 bits per heavy atom. The van der Waals surface area contributed by atoms with Crippen LogP contribution < -0.4 is 9.47 Å². The molecule has 0 N–H and O–H groups in total. The summed E-state index contributed by atoms with van der Waals surface area (Å²) in [6.07, 6.45) is 0. The molecule has 160 valence electrons. The third-order valence-corrected chi connectivity index (χ3v) is 5.99. The Kier molecular flexibility index (Phi) is 5.69. The number of fused-ring (bicyclic) bond motifs is 2. The molecule has 0 aromatic heterocycles. The second kappa shape index (κ2) is 8.94. The van der Waals surface area contributed by atoms with Gasteiger partial charge in [0.05, 0.1) is 14.2 Å². The Balaban J connectivity index is 1.62. The lowest BCUT2D eigenvalue weighted by atomic mass is 9.96. The first-order valence-corrected chi connectivity index (χ1v) is 11.1.